The fourth-order valence-electron chi connectivity index (χ4n) is 1.18. The molecule has 1 heterocycles. The molecule has 1 N–H and O–H groups in total. The lowest BCUT2D eigenvalue weighted by atomic mass is 10.2. The number of aldehydes is 1. The van der Waals surface area contributed by atoms with Crippen molar-refractivity contribution < 1.29 is 4.79 Å². The average Bonchev–Trinajstić information content (AvgIpc) is 2.31. The Balaban J connectivity index is 2.21. The summed E-state index contributed by atoms with van der Waals surface area (Å²) in [5.41, 5.74) is 1.42. The van der Waals surface area contributed by atoms with Gasteiger partial charge in [0.1, 0.15) is 6.29 Å². The predicted molar refractivity (Wildman–Crippen MR) is 57.1 cm³/mol. The fraction of sp³-hybridized carbons (Fsp3) is 0. The molecule has 0 spiro atoms. The topological polar surface area (TPSA) is 54.9 Å². The van der Waals surface area contributed by atoms with Crippen molar-refractivity contribution in [3.63, 3.8) is 0 Å². The van der Waals surface area contributed by atoms with E-state index in [4.69, 9.17) is 0 Å². The van der Waals surface area contributed by atoms with Crippen LogP contribution in [0.3, 0.4) is 0 Å². The number of benzene rings is 1. The average molecular weight is 199 g/mol. The van der Waals surface area contributed by atoms with Crippen LogP contribution < -0.4 is 5.32 Å². The van der Waals surface area contributed by atoms with Crippen LogP contribution in [-0.4, -0.2) is 16.3 Å². The van der Waals surface area contributed by atoms with E-state index in [1.807, 2.05) is 6.07 Å². The lowest BCUT2D eigenvalue weighted by Gasteiger charge is -2.03. The van der Waals surface area contributed by atoms with E-state index in [2.05, 4.69) is 15.3 Å². The largest absolute Gasteiger partial charge is 0.324 e. The Labute approximate surface area is 87.0 Å². The molecule has 0 radical (unpaired) electrons. The molecule has 4 nitrogen and oxygen atoms in total. The third-order valence-electron chi connectivity index (χ3n) is 1.84. The summed E-state index contributed by atoms with van der Waals surface area (Å²) >= 11 is 0. The van der Waals surface area contributed by atoms with Crippen LogP contribution in [0.1, 0.15) is 10.4 Å². The highest BCUT2D eigenvalue weighted by Gasteiger charge is 1.96. The van der Waals surface area contributed by atoms with Gasteiger partial charge in [-0.3, -0.25) is 4.79 Å². The number of nitrogens with one attached hydrogen (secondary N) is 1. The maximum absolute atomic E-state index is 10.6. The first kappa shape index (κ1) is 9.33. The summed E-state index contributed by atoms with van der Waals surface area (Å²) in [5, 5.41) is 3.00. The SMILES string of the molecule is O=Cc1cccc(Nc2ncccn2)c1. The molecular formula is C11H9N3O. The number of rotatable bonds is 3. The van der Waals surface area contributed by atoms with Gasteiger partial charge in [0, 0.05) is 23.6 Å². The van der Waals surface area contributed by atoms with Crippen LogP contribution >= 0.6 is 0 Å². The Morgan fingerprint density at radius 3 is 2.67 bits per heavy atom. The van der Waals surface area contributed by atoms with Crippen molar-refractivity contribution >= 4 is 17.9 Å². The van der Waals surface area contributed by atoms with Gasteiger partial charge in [-0.2, -0.15) is 0 Å². The predicted octanol–water partition coefficient (Wildman–Crippen LogP) is 2.03. The molecule has 0 atom stereocenters. The second-order valence-electron chi connectivity index (χ2n) is 2.94. The standard InChI is InChI=1S/C11H9N3O/c15-8-9-3-1-4-10(7-9)14-11-12-5-2-6-13-11/h1-8H,(H,12,13,14). The first-order valence-corrected chi connectivity index (χ1v) is 4.48. The lowest BCUT2D eigenvalue weighted by molar-refractivity contribution is 0.112. The zero-order valence-corrected chi connectivity index (χ0v) is 7.92. The molecule has 1 aromatic carbocycles. The Kier molecular flexibility index (Phi) is 2.69. The van der Waals surface area contributed by atoms with Crippen LogP contribution in [-0.2, 0) is 0 Å². The number of aromatic nitrogens is 2. The molecule has 0 aliphatic carbocycles. The van der Waals surface area contributed by atoms with Gasteiger partial charge in [0.05, 0.1) is 0 Å². The molecule has 2 rings (SSSR count). The van der Waals surface area contributed by atoms with Crippen LogP contribution in [0.4, 0.5) is 11.6 Å². The molecule has 0 aliphatic heterocycles. The molecular weight excluding hydrogens is 190 g/mol. The molecule has 0 saturated carbocycles. The maximum Gasteiger partial charge on any atom is 0.227 e. The Morgan fingerprint density at radius 2 is 1.93 bits per heavy atom. The normalized spacial score (nSPS) is 9.60. The van der Waals surface area contributed by atoms with Gasteiger partial charge in [0.15, 0.2) is 0 Å². The minimum absolute atomic E-state index is 0.514. The molecule has 74 valence electrons. The number of anilines is 2. The Bertz CT molecular complexity index is 456. The molecule has 15 heavy (non-hydrogen) atoms. The first-order chi connectivity index (χ1) is 7.38. The van der Waals surface area contributed by atoms with Gasteiger partial charge >= 0.3 is 0 Å². The summed E-state index contributed by atoms with van der Waals surface area (Å²) in [6.45, 7) is 0. The van der Waals surface area contributed by atoms with Crippen LogP contribution in [0.2, 0.25) is 0 Å². The van der Waals surface area contributed by atoms with Crippen molar-refractivity contribution in [2.75, 3.05) is 5.32 Å². The molecule has 0 fully saturated rings. The highest BCUT2D eigenvalue weighted by Crippen LogP contribution is 2.12. The summed E-state index contributed by atoms with van der Waals surface area (Å²) in [4.78, 5) is 18.6. The second-order valence-corrected chi connectivity index (χ2v) is 2.94. The van der Waals surface area contributed by atoms with E-state index in [9.17, 15) is 4.79 Å². The molecule has 4 heteroatoms. The van der Waals surface area contributed by atoms with Gasteiger partial charge in [0.25, 0.3) is 0 Å². The third-order valence-corrected chi connectivity index (χ3v) is 1.84. The van der Waals surface area contributed by atoms with E-state index in [0.29, 0.717) is 11.5 Å². The van der Waals surface area contributed by atoms with Gasteiger partial charge in [-0.1, -0.05) is 12.1 Å². The van der Waals surface area contributed by atoms with E-state index in [1.165, 1.54) is 0 Å². The highest BCUT2D eigenvalue weighted by molar-refractivity contribution is 5.77. The van der Waals surface area contributed by atoms with E-state index in [-0.39, 0.29) is 0 Å². The van der Waals surface area contributed by atoms with Crippen molar-refractivity contribution in [3.05, 3.63) is 48.3 Å². The van der Waals surface area contributed by atoms with E-state index < -0.39 is 0 Å². The Hall–Kier alpha value is -2.23. The summed E-state index contributed by atoms with van der Waals surface area (Å²) < 4.78 is 0. The van der Waals surface area contributed by atoms with E-state index >= 15 is 0 Å². The smallest absolute Gasteiger partial charge is 0.227 e. The fourth-order valence-corrected chi connectivity index (χ4v) is 1.18. The minimum atomic E-state index is 0.514. The zero-order valence-electron chi connectivity index (χ0n) is 7.92. The summed E-state index contributed by atoms with van der Waals surface area (Å²) in [6, 6.07) is 8.87. The molecule has 0 aliphatic rings. The summed E-state index contributed by atoms with van der Waals surface area (Å²) in [7, 11) is 0. The highest BCUT2D eigenvalue weighted by atomic mass is 16.1. The Morgan fingerprint density at radius 1 is 1.13 bits per heavy atom. The number of carbonyl (C=O) groups excluding carboxylic acids is 1. The summed E-state index contributed by atoms with van der Waals surface area (Å²) in [6.07, 6.45) is 4.11. The summed E-state index contributed by atoms with van der Waals surface area (Å²) in [5.74, 6) is 0.514. The van der Waals surface area contributed by atoms with Gasteiger partial charge in [-0.15, -0.1) is 0 Å². The van der Waals surface area contributed by atoms with Crippen LogP contribution in [0.5, 0.6) is 0 Å². The molecule has 0 amide bonds. The van der Waals surface area contributed by atoms with Gasteiger partial charge in [-0.25, -0.2) is 9.97 Å². The molecule has 0 bridgehead atoms. The van der Waals surface area contributed by atoms with Crippen molar-refractivity contribution in [2.45, 2.75) is 0 Å². The second kappa shape index (κ2) is 4.32. The molecule has 0 unspecified atom stereocenters. The monoisotopic (exact) mass is 199 g/mol. The van der Waals surface area contributed by atoms with Crippen molar-refractivity contribution in [2.24, 2.45) is 0 Å². The van der Waals surface area contributed by atoms with Crippen molar-refractivity contribution in [1.29, 1.82) is 0 Å². The molecule has 0 saturated heterocycles. The number of hydrogen-bond acceptors (Lipinski definition) is 4. The number of hydrogen-bond donors (Lipinski definition) is 1. The quantitative estimate of drug-likeness (QED) is 0.768. The van der Waals surface area contributed by atoms with E-state index in [0.717, 1.165) is 12.0 Å². The minimum Gasteiger partial charge on any atom is -0.324 e. The van der Waals surface area contributed by atoms with Gasteiger partial charge in [0.2, 0.25) is 5.95 Å². The third kappa shape index (κ3) is 2.37. The molecule has 1 aromatic heterocycles. The van der Waals surface area contributed by atoms with E-state index in [1.54, 1.807) is 36.7 Å². The zero-order chi connectivity index (χ0) is 10.5. The number of nitrogens with zero attached hydrogens (tertiary/aromatic N) is 2. The molecule has 2 aromatic rings. The lowest BCUT2D eigenvalue weighted by Crippen LogP contribution is -1.95. The van der Waals surface area contributed by atoms with Crippen molar-refractivity contribution in [1.82, 2.24) is 9.97 Å². The first-order valence-electron chi connectivity index (χ1n) is 4.48. The van der Waals surface area contributed by atoms with Crippen LogP contribution in [0.15, 0.2) is 42.7 Å². The number of carbonyl (C=O) groups is 1. The van der Waals surface area contributed by atoms with Crippen molar-refractivity contribution in [3.8, 4) is 0 Å². The van der Waals surface area contributed by atoms with Crippen LogP contribution in [0, 0.1) is 0 Å². The van der Waals surface area contributed by atoms with Crippen LogP contribution in [0.25, 0.3) is 0 Å². The van der Waals surface area contributed by atoms with Gasteiger partial charge < -0.3 is 5.32 Å². The van der Waals surface area contributed by atoms with Gasteiger partial charge in [-0.05, 0) is 18.2 Å². The maximum atomic E-state index is 10.6.